The highest BCUT2D eigenvalue weighted by atomic mass is 19.1. The average Bonchev–Trinajstić information content (AvgIpc) is 2.39. The summed E-state index contributed by atoms with van der Waals surface area (Å²) in [5, 5.41) is 3.22. The summed E-state index contributed by atoms with van der Waals surface area (Å²) in [7, 11) is 0. The number of aryl methyl sites for hydroxylation is 1. The molecule has 0 amide bonds. The van der Waals surface area contributed by atoms with Crippen LogP contribution in [-0.2, 0) is 12.8 Å². The number of halogens is 1. The van der Waals surface area contributed by atoms with Gasteiger partial charge in [0.2, 0.25) is 0 Å². The molecule has 0 aliphatic heterocycles. The fourth-order valence-electron chi connectivity index (χ4n) is 2.12. The number of hydrogen-bond donors (Lipinski definition) is 1. The zero-order chi connectivity index (χ0) is 14.4. The van der Waals surface area contributed by atoms with Crippen molar-refractivity contribution in [1.82, 2.24) is 9.97 Å². The van der Waals surface area contributed by atoms with E-state index in [1.807, 2.05) is 19.1 Å². The number of nitrogens with one attached hydrogen (secondary N) is 1. The Kier molecular flexibility index (Phi) is 5.04. The van der Waals surface area contributed by atoms with Crippen molar-refractivity contribution in [2.75, 3.05) is 11.9 Å². The lowest BCUT2D eigenvalue weighted by Gasteiger charge is -2.08. The standard InChI is InChI=1S/C16H20FN3/c1-3-6-14-11-15(18-4-2)20-16(19-14)10-12-7-5-8-13(17)9-12/h5,7-9,11H,3-4,6,10H2,1-2H3,(H,18,19,20). The van der Waals surface area contributed by atoms with E-state index in [0.717, 1.165) is 42.3 Å². The SMILES string of the molecule is CCCc1cc(NCC)nc(Cc2cccc(F)c2)n1. The van der Waals surface area contributed by atoms with Gasteiger partial charge in [0.25, 0.3) is 0 Å². The average molecular weight is 273 g/mol. The van der Waals surface area contributed by atoms with Crippen LogP contribution in [0, 0.1) is 5.82 Å². The largest absolute Gasteiger partial charge is 0.370 e. The van der Waals surface area contributed by atoms with E-state index >= 15 is 0 Å². The van der Waals surface area contributed by atoms with Crippen molar-refractivity contribution in [3.05, 3.63) is 53.2 Å². The van der Waals surface area contributed by atoms with E-state index < -0.39 is 0 Å². The van der Waals surface area contributed by atoms with E-state index in [0.29, 0.717) is 6.42 Å². The summed E-state index contributed by atoms with van der Waals surface area (Å²) < 4.78 is 13.2. The summed E-state index contributed by atoms with van der Waals surface area (Å²) in [5.74, 6) is 1.36. The molecular formula is C16H20FN3. The first-order valence-corrected chi connectivity index (χ1v) is 7.06. The number of anilines is 1. The molecule has 0 aliphatic carbocycles. The van der Waals surface area contributed by atoms with Crippen molar-refractivity contribution in [3.63, 3.8) is 0 Å². The summed E-state index contributed by atoms with van der Waals surface area (Å²) in [6.07, 6.45) is 2.52. The van der Waals surface area contributed by atoms with Gasteiger partial charge in [-0.25, -0.2) is 14.4 Å². The lowest BCUT2D eigenvalue weighted by Crippen LogP contribution is -2.06. The Morgan fingerprint density at radius 3 is 2.70 bits per heavy atom. The third-order valence-corrected chi connectivity index (χ3v) is 2.94. The van der Waals surface area contributed by atoms with Crippen LogP contribution in [-0.4, -0.2) is 16.5 Å². The second-order valence-electron chi connectivity index (χ2n) is 4.75. The second kappa shape index (κ2) is 6.98. The molecule has 0 spiro atoms. The van der Waals surface area contributed by atoms with Gasteiger partial charge in [-0.3, -0.25) is 0 Å². The van der Waals surface area contributed by atoms with Gasteiger partial charge < -0.3 is 5.32 Å². The highest BCUT2D eigenvalue weighted by Crippen LogP contribution is 2.13. The van der Waals surface area contributed by atoms with Gasteiger partial charge in [-0.05, 0) is 31.0 Å². The first-order chi connectivity index (χ1) is 9.71. The summed E-state index contributed by atoms with van der Waals surface area (Å²) in [6.45, 7) is 4.98. The van der Waals surface area contributed by atoms with Gasteiger partial charge in [0.15, 0.2) is 0 Å². The zero-order valence-corrected chi connectivity index (χ0v) is 12.0. The van der Waals surface area contributed by atoms with Crippen LogP contribution in [0.5, 0.6) is 0 Å². The Hall–Kier alpha value is -1.97. The third-order valence-electron chi connectivity index (χ3n) is 2.94. The van der Waals surface area contributed by atoms with Crippen molar-refractivity contribution in [1.29, 1.82) is 0 Å². The van der Waals surface area contributed by atoms with Crippen molar-refractivity contribution >= 4 is 5.82 Å². The molecule has 0 radical (unpaired) electrons. The molecule has 20 heavy (non-hydrogen) atoms. The number of nitrogens with zero attached hydrogens (tertiary/aromatic N) is 2. The number of benzene rings is 1. The summed E-state index contributed by atoms with van der Waals surface area (Å²) in [5.41, 5.74) is 1.92. The molecule has 1 heterocycles. The Balaban J connectivity index is 2.25. The van der Waals surface area contributed by atoms with E-state index in [1.54, 1.807) is 6.07 Å². The van der Waals surface area contributed by atoms with Crippen molar-refractivity contribution in [2.24, 2.45) is 0 Å². The predicted molar refractivity (Wildman–Crippen MR) is 79.4 cm³/mol. The molecule has 1 aromatic heterocycles. The molecule has 106 valence electrons. The lowest BCUT2D eigenvalue weighted by atomic mass is 10.1. The van der Waals surface area contributed by atoms with Gasteiger partial charge >= 0.3 is 0 Å². The quantitative estimate of drug-likeness (QED) is 0.874. The number of rotatable bonds is 6. The van der Waals surface area contributed by atoms with Crippen LogP contribution in [0.25, 0.3) is 0 Å². The van der Waals surface area contributed by atoms with E-state index in [4.69, 9.17) is 0 Å². The molecule has 0 bridgehead atoms. The molecule has 4 heteroatoms. The van der Waals surface area contributed by atoms with Gasteiger partial charge in [-0.1, -0.05) is 25.5 Å². The second-order valence-corrected chi connectivity index (χ2v) is 4.75. The fourth-order valence-corrected chi connectivity index (χ4v) is 2.12. The number of hydrogen-bond acceptors (Lipinski definition) is 3. The molecule has 0 saturated carbocycles. The Labute approximate surface area is 119 Å². The Morgan fingerprint density at radius 1 is 1.15 bits per heavy atom. The molecule has 2 rings (SSSR count). The molecule has 2 aromatic rings. The van der Waals surface area contributed by atoms with Crippen LogP contribution in [0.4, 0.5) is 10.2 Å². The highest BCUT2D eigenvalue weighted by molar-refractivity contribution is 5.36. The zero-order valence-electron chi connectivity index (χ0n) is 12.0. The molecule has 3 nitrogen and oxygen atoms in total. The smallest absolute Gasteiger partial charge is 0.135 e. The Bertz CT molecular complexity index is 545. The minimum Gasteiger partial charge on any atom is -0.370 e. The normalized spacial score (nSPS) is 10.6. The third kappa shape index (κ3) is 4.02. The summed E-state index contributed by atoms with van der Waals surface area (Å²) >= 11 is 0. The van der Waals surface area contributed by atoms with Crippen LogP contribution >= 0.6 is 0 Å². The molecule has 0 fully saturated rings. The topological polar surface area (TPSA) is 37.8 Å². The maximum atomic E-state index is 13.2. The van der Waals surface area contributed by atoms with Gasteiger partial charge in [0, 0.05) is 24.7 Å². The van der Waals surface area contributed by atoms with Crippen LogP contribution in [0.2, 0.25) is 0 Å². The monoisotopic (exact) mass is 273 g/mol. The number of aromatic nitrogens is 2. The van der Waals surface area contributed by atoms with Crippen LogP contribution in [0.1, 0.15) is 37.4 Å². The van der Waals surface area contributed by atoms with E-state index in [9.17, 15) is 4.39 Å². The van der Waals surface area contributed by atoms with Gasteiger partial charge in [0.05, 0.1) is 0 Å². The maximum absolute atomic E-state index is 13.2. The van der Waals surface area contributed by atoms with Crippen LogP contribution < -0.4 is 5.32 Å². The molecule has 1 N–H and O–H groups in total. The highest BCUT2D eigenvalue weighted by Gasteiger charge is 2.06. The first kappa shape index (κ1) is 14.4. The molecular weight excluding hydrogens is 253 g/mol. The lowest BCUT2D eigenvalue weighted by molar-refractivity contribution is 0.625. The Morgan fingerprint density at radius 2 is 2.00 bits per heavy atom. The summed E-state index contributed by atoms with van der Waals surface area (Å²) in [4.78, 5) is 9.04. The van der Waals surface area contributed by atoms with Crippen molar-refractivity contribution < 1.29 is 4.39 Å². The van der Waals surface area contributed by atoms with Gasteiger partial charge in [0.1, 0.15) is 17.5 Å². The van der Waals surface area contributed by atoms with E-state index in [2.05, 4.69) is 22.2 Å². The molecule has 0 aliphatic rings. The fraction of sp³-hybridized carbons (Fsp3) is 0.375. The van der Waals surface area contributed by atoms with E-state index in [-0.39, 0.29) is 5.82 Å². The first-order valence-electron chi connectivity index (χ1n) is 7.06. The van der Waals surface area contributed by atoms with Crippen LogP contribution in [0.3, 0.4) is 0 Å². The molecule has 0 saturated heterocycles. The van der Waals surface area contributed by atoms with Gasteiger partial charge in [-0.2, -0.15) is 0 Å². The minimum absolute atomic E-state index is 0.223. The molecule has 0 atom stereocenters. The summed E-state index contributed by atoms with van der Waals surface area (Å²) in [6, 6.07) is 8.57. The predicted octanol–water partition coefficient (Wildman–Crippen LogP) is 3.59. The molecule has 1 aromatic carbocycles. The van der Waals surface area contributed by atoms with Gasteiger partial charge in [-0.15, -0.1) is 0 Å². The van der Waals surface area contributed by atoms with Crippen molar-refractivity contribution in [3.8, 4) is 0 Å². The molecule has 0 unspecified atom stereocenters. The van der Waals surface area contributed by atoms with Crippen LogP contribution in [0.15, 0.2) is 30.3 Å². The maximum Gasteiger partial charge on any atom is 0.135 e. The van der Waals surface area contributed by atoms with Crippen molar-refractivity contribution in [2.45, 2.75) is 33.1 Å². The minimum atomic E-state index is -0.223. The van der Waals surface area contributed by atoms with E-state index in [1.165, 1.54) is 12.1 Å².